The fourth-order valence-electron chi connectivity index (χ4n) is 12.0. The molecule has 1 aliphatic carbocycles. The molecule has 534 valence electrons. The Kier molecular flexibility index (Phi) is 21.2. The van der Waals surface area contributed by atoms with Gasteiger partial charge in [0.1, 0.15) is 52.2 Å². The fourth-order valence-corrected chi connectivity index (χ4v) is 14.4. The summed E-state index contributed by atoms with van der Waals surface area (Å²) in [6.07, 6.45) is 7.78. The van der Waals surface area contributed by atoms with Crippen LogP contribution in [0, 0.1) is 49.0 Å². The van der Waals surface area contributed by atoms with Gasteiger partial charge in [0.2, 0.25) is 11.9 Å². The number of carbonyl (C=O) groups is 4. The normalized spacial score (nSPS) is 12.7. The van der Waals surface area contributed by atoms with Gasteiger partial charge in [-0.1, -0.05) is 89.6 Å². The maximum absolute atomic E-state index is 15.4. The molecule has 0 saturated heterocycles. The molecule has 13 rings (SSSR count). The summed E-state index contributed by atoms with van der Waals surface area (Å²) in [5.41, 5.74) is 6.10. The van der Waals surface area contributed by atoms with Crippen LogP contribution in [-0.4, -0.2) is 92.0 Å². The Balaban J connectivity index is 0.000000198. The molecular formula is C76H58ClF6N9O11S2. The molecule has 1 fully saturated rings. The number of rotatable bonds is 21. The van der Waals surface area contributed by atoms with Gasteiger partial charge in [0.15, 0.2) is 0 Å². The molecule has 5 aromatic heterocycles. The third-order valence-electron chi connectivity index (χ3n) is 17.3. The zero-order valence-electron chi connectivity index (χ0n) is 55.6. The number of amides is 2. The lowest BCUT2D eigenvalue weighted by Crippen LogP contribution is -2.43. The number of fused-ring (bicyclic) bond motifs is 2. The highest BCUT2D eigenvalue weighted by molar-refractivity contribution is 7.93. The minimum absolute atomic E-state index is 0.120. The summed E-state index contributed by atoms with van der Waals surface area (Å²) in [6, 6.07) is 36.1. The molecule has 2 atom stereocenters. The van der Waals surface area contributed by atoms with Gasteiger partial charge in [0.05, 0.1) is 52.1 Å². The Hall–Kier alpha value is -11.9. The topological polar surface area (TPSA) is 281 Å². The minimum atomic E-state index is -4.34. The van der Waals surface area contributed by atoms with E-state index in [1.54, 1.807) is 80.8 Å². The smallest absolute Gasteiger partial charge is 0.328 e. The van der Waals surface area contributed by atoms with Gasteiger partial charge in [-0.05, 0) is 150 Å². The van der Waals surface area contributed by atoms with E-state index in [1.807, 2.05) is 18.2 Å². The van der Waals surface area contributed by atoms with Gasteiger partial charge in [-0.25, -0.2) is 54.0 Å². The quantitative estimate of drug-likeness (QED) is 0.0295. The average molecular weight is 1490 g/mol. The van der Waals surface area contributed by atoms with Gasteiger partial charge in [-0.3, -0.25) is 29.0 Å². The number of pyridine rings is 4. The number of anilines is 2. The number of nitrogens with zero attached hydrogens (tertiary/aromatic N) is 5. The highest BCUT2D eigenvalue weighted by atomic mass is 35.5. The van der Waals surface area contributed by atoms with Crippen molar-refractivity contribution in [3.8, 4) is 44.5 Å². The molecule has 0 radical (unpaired) electrons. The van der Waals surface area contributed by atoms with Crippen LogP contribution in [0.25, 0.3) is 66.3 Å². The van der Waals surface area contributed by atoms with E-state index in [2.05, 4.69) is 51.2 Å². The number of hydrogen-bond acceptors (Lipinski definition) is 16. The number of halogens is 7. The molecule has 29 heteroatoms. The van der Waals surface area contributed by atoms with Crippen LogP contribution >= 0.6 is 11.6 Å². The largest absolute Gasteiger partial charge is 0.467 e. The monoisotopic (exact) mass is 1490 g/mol. The van der Waals surface area contributed by atoms with E-state index in [1.165, 1.54) is 78.6 Å². The van der Waals surface area contributed by atoms with Crippen LogP contribution in [0.15, 0.2) is 203 Å². The highest BCUT2D eigenvalue weighted by Gasteiger charge is 2.32. The molecule has 12 aromatic rings. The molecule has 5 heterocycles. The first-order valence-corrected chi connectivity index (χ1v) is 35.3. The maximum Gasteiger partial charge on any atom is 0.328 e. The summed E-state index contributed by atoms with van der Waals surface area (Å²) in [5, 5.41) is 10.6. The molecule has 2 amide bonds. The second kappa shape index (κ2) is 30.6. The van der Waals surface area contributed by atoms with Crippen LogP contribution in [0.1, 0.15) is 67.6 Å². The molecule has 1 saturated carbocycles. The number of nitrogens with one attached hydrogen (secondary N) is 4. The number of aromatic nitrogens is 5. The highest BCUT2D eigenvalue weighted by Crippen LogP contribution is 2.44. The Labute approximate surface area is 601 Å². The summed E-state index contributed by atoms with van der Waals surface area (Å²) in [7, 11) is -6.46. The zero-order chi connectivity index (χ0) is 74.6. The van der Waals surface area contributed by atoms with E-state index in [9.17, 15) is 44.8 Å². The molecule has 4 N–H and O–H groups in total. The number of aryl methyl sites for hydroxylation is 2. The van der Waals surface area contributed by atoms with Crippen molar-refractivity contribution in [1.82, 2.24) is 35.7 Å². The van der Waals surface area contributed by atoms with Gasteiger partial charge < -0.3 is 24.6 Å². The second-order valence-corrected chi connectivity index (χ2v) is 28.0. The third-order valence-corrected chi connectivity index (χ3v) is 20.4. The van der Waals surface area contributed by atoms with Crippen LogP contribution in [0.5, 0.6) is 0 Å². The van der Waals surface area contributed by atoms with Crippen LogP contribution in [-0.2, 0) is 52.0 Å². The number of ether oxygens (including phenoxy) is 2. The standard InChI is InChI=1S/C40H30ClF3N4O5S.C36H28F3N5O6S/c1-53-40(50)35(18-26-9-13-31(38-29(26)3-2-15-46-38)30-12-8-24(17-32(30)41)22-4-5-22)47-39(49)37-33(42)20-27(21-34(37)43)48-54(51,52)28-10-6-23(7-11-28)25-14-16-45-36(44)19-25;1-19-32(20(2)50-43-19)27-11-8-23(26-5-4-13-41-34(26)27)15-30(36(46)49-3)42-35(45)33-28(37)17-24(18-29(33)38)44-51(47,48)25-9-6-21(7-10-25)22-12-14-40-31(39)16-22/h2-3,6-17,19-22,35,48H,4-5,18H2,1H3,(H,47,49);4-14,16-18,30,44H,15H2,1-3H3,(H,42,45)/t35-;30-/m00/s1. The van der Waals surface area contributed by atoms with Crippen LogP contribution < -0.4 is 20.1 Å². The van der Waals surface area contributed by atoms with Crippen molar-refractivity contribution in [2.45, 2.75) is 67.3 Å². The summed E-state index contributed by atoms with van der Waals surface area (Å²) in [4.78, 5) is 67.9. The fraction of sp³-hybridized carbons (Fsp3) is 0.145. The second-order valence-electron chi connectivity index (χ2n) is 24.2. The lowest BCUT2D eigenvalue weighted by atomic mass is 9.94. The van der Waals surface area contributed by atoms with E-state index in [-0.39, 0.29) is 22.6 Å². The molecule has 0 unspecified atom stereocenters. The first-order valence-electron chi connectivity index (χ1n) is 32.0. The van der Waals surface area contributed by atoms with Crippen molar-refractivity contribution >= 4 is 88.6 Å². The Morgan fingerprint density at radius 2 is 0.943 bits per heavy atom. The first-order chi connectivity index (χ1) is 50.3. The zero-order valence-corrected chi connectivity index (χ0v) is 58.0. The van der Waals surface area contributed by atoms with Crippen molar-refractivity contribution in [2.75, 3.05) is 23.7 Å². The predicted octanol–water partition coefficient (Wildman–Crippen LogP) is 14.5. The molecule has 1 aliphatic rings. The molecule has 0 aliphatic heterocycles. The number of hydrogen-bond donors (Lipinski definition) is 4. The van der Waals surface area contributed by atoms with Crippen LogP contribution in [0.4, 0.5) is 37.7 Å². The summed E-state index contributed by atoms with van der Waals surface area (Å²) in [6.45, 7) is 3.57. The predicted molar refractivity (Wildman–Crippen MR) is 378 cm³/mol. The molecule has 105 heavy (non-hydrogen) atoms. The minimum Gasteiger partial charge on any atom is -0.467 e. The van der Waals surface area contributed by atoms with Gasteiger partial charge >= 0.3 is 11.9 Å². The van der Waals surface area contributed by atoms with Gasteiger partial charge in [-0.2, -0.15) is 8.78 Å². The van der Waals surface area contributed by atoms with Crippen molar-refractivity contribution < 1.29 is 76.4 Å². The molecular weight excluding hydrogens is 1430 g/mol. The van der Waals surface area contributed by atoms with E-state index >= 15 is 17.6 Å². The number of benzene rings is 7. The summed E-state index contributed by atoms with van der Waals surface area (Å²) in [5.74, 6) is -10.1. The number of sulfonamides is 2. The number of esters is 2. The van der Waals surface area contributed by atoms with E-state index in [0.29, 0.717) is 102 Å². The molecule has 20 nitrogen and oxygen atoms in total. The lowest BCUT2D eigenvalue weighted by molar-refractivity contribution is -0.143. The maximum atomic E-state index is 15.4. The van der Waals surface area contributed by atoms with Gasteiger partial charge in [-0.15, -0.1) is 0 Å². The van der Waals surface area contributed by atoms with E-state index < -0.39 is 114 Å². The number of carbonyl (C=O) groups excluding carboxylic acids is 4. The Bertz CT molecular complexity index is 5600. The first kappa shape index (κ1) is 72.9. The Morgan fingerprint density at radius 1 is 0.514 bits per heavy atom. The van der Waals surface area contributed by atoms with E-state index in [4.69, 9.17) is 25.6 Å². The summed E-state index contributed by atoms with van der Waals surface area (Å²) >= 11 is 6.72. The van der Waals surface area contributed by atoms with Gasteiger partial charge in [0.25, 0.3) is 31.9 Å². The van der Waals surface area contributed by atoms with Crippen molar-refractivity contribution in [3.63, 3.8) is 0 Å². The van der Waals surface area contributed by atoms with Crippen molar-refractivity contribution in [1.29, 1.82) is 0 Å². The van der Waals surface area contributed by atoms with Crippen molar-refractivity contribution in [3.05, 3.63) is 268 Å². The van der Waals surface area contributed by atoms with Crippen LogP contribution in [0.2, 0.25) is 5.02 Å². The molecule has 7 aromatic carbocycles. The lowest BCUT2D eigenvalue weighted by Gasteiger charge is -2.19. The number of methoxy groups -OCH3 is 2. The SMILES string of the molecule is COC(=O)[C@H](Cc1ccc(-c2c(C)noc2C)c2ncccc12)NC(=O)c1c(F)cc(NS(=O)(=O)c2ccc(-c3ccnc(F)c3)cc2)cc1F.COC(=O)[C@H](Cc1ccc(-c2ccc(C3CC3)cc2Cl)c2ncccc12)NC(=O)c1c(F)cc(NS(=O)(=O)c2ccc(-c3ccnc(F)c3)cc2)cc1F. The average Bonchev–Trinajstić information content (AvgIpc) is 1.68. The van der Waals surface area contributed by atoms with Crippen LogP contribution in [0.3, 0.4) is 0 Å². The third kappa shape index (κ3) is 16.2. The van der Waals surface area contributed by atoms with E-state index in [0.717, 1.165) is 49.3 Å². The molecule has 0 spiro atoms. The summed E-state index contributed by atoms with van der Waals surface area (Å²) < 4.78 is 160. The van der Waals surface area contributed by atoms with Gasteiger partial charge in [0, 0.05) is 87.8 Å². The Morgan fingerprint density at radius 3 is 1.34 bits per heavy atom. The molecule has 0 bridgehead atoms. The van der Waals surface area contributed by atoms with Crippen molar-refractivity contribution in [2.24, 2.45) is 0 Å².